The zero-order chi connectivity index (χ0) is 14.9. The van der Waals surface area contributed by atoms with Gasteiger partial charge in [-0.05, 0) is 49.3 Å². The number of nitrogen functional groups attached to an aromatic ring is 1. The summed E-state index contributed by atoms with van der Waals surface area (Å²) in [6.45, 7) is 4.31. The molecule has 0 aliphatic heterocycles. The van der Waals surface area contributed by atoms with Crippen LogP contribution in [0.4, 0.5) is 5.69 Å². The Morgan fingerprint density at radius 1 is 1.30 bits per heavy atom. The third-order valence-electron chi connectivity index (χ3n) is 4.02. The zero-order valence-corrected chi connectivity index (χ0v) is 13.3. The molecule has 0 amide bonds. The molecule has 1 fully saturated rings. The molecule has 3 atom stereocenters. The quantitative estimate of drug-likeness (QED) is 0.842. The van der Waals surface area contributed by atoms with E-state index in [1.165, 1.54) is 18.2 Å². The first-order valence-electron chi connectivity index (χ1n) is 6.87. The third kappa shape index (κ3) is 3.45. The van der Waals surface area contributed by atoms with Crippen LogP contribution in [0.25, 0.3) is 0 Å². The van der Waals surface area contributed by atoms with Crippen LogP contribution in [0.5, 0.6) is 0 Å². The van der Waals surface area contributed by atoms with Crippen LogP contribution in [0.15, 0.2) is 23.1 Å². The molecule has 0 radical (unpaired) electrons. The van der Waals surface area contributed by atoms with Crippen molar-refractivity contribution in [3.63, 3.8) is 0 Å². The van der Waals surface area contributed by atoms with Crippen molar-refractivity contribution in [2.45, 2.75) is 44.0 Å². The monoisotopic (exact) mass is 316 g/mol. The number of hydrogen-bond acceptors (Lipinski definition) is 3. The van der Waals surface area contributed by atoms with Crippen LogP contribution in [0.1, 0.15) is 33.1 Å². The van der Waals surface area contributed by atoms with E-state index in [1.807, 2.05) is 0 Å². The van der Waals surface area contributed by atoms with Gasteiger partial charge in [0, 0.05) is 6.04 Å². The lowest BCUT2D eigenvalue weighted by atomic mass is 9.80. The first-order valence-corrected chi connectivity index (χ1v) is 8.73. The van der Waals surface area contributed by atoms with E-state index in [0.29, 0.717) is 16.9 Å². The number of sulfonamides is 1. The van der Waals surface area contributed by atoms with Gasteiger partial charge >= 0.3 is 0 Å². The number of rotatable bonds is 3. The van der Waals surface area contributed by atoms with E-state index >= 15 is 0 Å². The van der Waals surface area contributed by atoms with Gasteiger partial charge in [-0.15, -0.1) is 0 Å². The second kappa shape index (κ2) is 5.92. The Morgan fingerprint density at radius 2 is 2.00 bits per heavy atom. The molecule has 0 heterocycles. The van der Waals surface area contributed by atoms with E-state index in [4.69, 9.17) is 17.3 Å². The lowest BCUT2D eigenvalue weighted by Gasteiger charge is -2.32. The molecule has 6 heteroatoms. The van der Waals surface area contributed by atoms with E-state index in [1.54, 1.807) is 0 Å². The van der Waals surface area contributed by atoms with Gasteiger partial charge in [0.2, 0.25) is 10.0 Å². The number of nitrogens with one attached hydrogen (secondary N) is 1. The van der Waals surface area contributed by atoms with Crippen molar-refractivity contribution >= 4 is 27.3 Å². The summed E-state index contributed by atoms with van der Waals surface area (Å²) in [6, 6.07) is 4.39. The molecule has 1 saturated carbocycles. The van der Waals surface area contributed by atoms with Gasteiger partial charge in [0.25, 0.3) is 0 Å². The van der Waals surface area contributed by atoms with Crippen LogP contribution in [0.2, 0.25) is 5.02 Å². The maximum Gasteiger partial charge on any atom is 0.240 e. The van der Waals surface area contributed by atoms with Crippen molar-refractivity contribution in [3.05, 3.63) is 23.2 Å². The molecule has 1 aliphatic carbocycles. The maximum absolute atomic E-state index is 12.4. The summed E-state index contributed by atoms with van der Waals surface area (Å²) in [7, 11) is -3.54. The molecule has 0 aromatic heterocycles. The Balaban J connectivity index is 2.16. The number of benzene rings is 1. The van der Waals surface area contributed by atoms with E-state index in [2.05, 4.69) is 18.6 Å². The second-order valence-electron chi connectivity index (χ2n) is 5.81. The molecule has 1 aromatic carbocycles. The molecule has 2 rings (SSSR count). The maximum atomic E-state index is 12.4. The second-order valence-corrected chi connectivity index (χ2v) is 7.93. The van der Waals surface area contributed by atoms with Crippen LogP contribution in [-0.4, -0.2) is 14.5 Å². The lowest BCUT2D eigenvalue weighted by Crippen LogP contribution is -2.42. The molecule has 0 bridgehead atoms. The molecule has 1 aliphatic rings. The highest BCUT2D eigenvalue weighted by Gasteiger charge is 2.29. The number of anilines is 1. The third-order valence-corrected chi connectivity index (χ3v) is 5.85. The molecule has 1 aromatic rings. The van der Waals surface area contributed by atoms with E-state index < -0.39 is 10.0 Å². The largest absolute Gasteiger partial charge is 0.397 e. The minimum atomic E-state index is -3.54. The fourth-order valence-electron chi connectivity index (χ4n) is 2.80. The van der Waals surface area contributed by atoms with Crippen molar-refractivity contribution in [3.8, 4) is 0 Å². The highest BCUT2D eigenvalue weighted by atomic mass is 35.5. The van der Waals surface area contributed by atoms with Crippen molar-refractivity contribution in [1.29, 1.82) is 0 Å². The van der Waals surface area contributed by atoms with Crippen LogP contribution in [-0.2, 0) is 10.0 Å². The summed E-state index contributed by atoms with van der Waals surface area (Å²) in [5, 5.41) is 0.365. The van der Waals surface area contributed by atoms with Crippen LogP contribution >= 0.6 is 11.6 Å². The van der Waals surface area contributed by atoms with Crippen LogP contribution < -0.4 is 10.5 Å². The summed E-state index contributed by atoms with van der Waals surface area (Å²) < 4.78 is 27.6. The minimum absolute atomic E-state index is 0.00639. The first kappa shape index (κ1) is 15.6. The number of halogens is 1. The first-order chi connectivity index (χ1) is 9.29. The van der Waals surface area contributed by atoms with Gasteiger partial charge in [-0.1, -0.05) is 25.4 Å². The van der Waals surface area contributed by atoms with E-state index in [9.17, 15) is 8.42 Å². The predicted molar refractivity (Wildman–Crippen MR) is 82.2 cm³/mol. The Labute approximate surface area is 125 Å². The smallest absolute Gasteiger partial charge is 0.240 e. The molecule has 4 nitrogen and oxygen atoms in total. The van der Waals surface area contributed by atoms with Crippen LogP contribution in [0.3, 0.4) is 0 Å². The van der Waals surface area contributed by atoms with Crippen molar-refractivity contribution in [2.24, 2.45) is 11.8 Å². The Hall–Kier alpha value is -0.780. The highest BCUT2D eigenvalue weighted by molar-refractivity contribution is 7.89. The average Bonchev–Trinajstić information content (AvgIpc) is 2.36. The number of nitrogens with two attached hydrogens (primary N) is 1. The highest BCUT2D eigenvalue weighted by Crippen LogP contribution is 2.30. The van der Waals surface area contributed by atoms with Crippen molar-refractivity contribution in [2.75, 3.05) is 5.73 Å². The fourth-order valence-corrected chi connectivity index (χ4v) is 4.33. The van der Waals surface area contributed by atoms with E-state index in [0.717, 1.165) is 19.3 Å². The van der Waals surface area contributed by atoms with Crippen molar-refractivity contribution in [1.82, 2.24) is 4.72 Å². The molecule has 0 spiro atoms. The Morgan fingerprint density at radius 3 is 2.60 bits per heavy atom. The molecular weight excluding hydrogens is 296 g/mol. The van der Waals surface area contributed by atoms with Gasteiger partial charge < -0.3 is 5.73 Å². The molecule has 20 heavy (non-hydrogen) atoms. The summed E-state index contributed by atoms with van der Waals surface area (Å²) in [5.41, 5.74) is 5.95. The minimum Gasteiger partial charge on any atom is -0.397 e. The molecule has 3 N–H and O–H groups in total. The Bertz CT molecular complexity index is 589. The fraction of sp³-hybridized carbons (Fsp3) is 0.571. The SMILES string of the molecule is CC1CCC(NS(=O)(=O)c2ccc(Cl)c(N)c2)C(C)C1. The summed E-state index contributed by atoms with van der Waals surface area (Å²) in [5.74, 6) is 1.01. The molecule has 0 saturated heterocycles. The van der Waals surface area contributed by atoms with Gasteiger partial charge in [-0.2, -0.15) is 0 Å². The van der Waals surface area contributed by atoms with Crippen LogP contribution in [0, 0.1) is 11.8 Å². The zero-order valence-electron chi connectivity index (χ0n) is 11.8. The molecule has 112 valence electrons. The lowest BCUT2D eigenvalue weighted by molar-refractivity contribution is 0.249. The van der Waals surface area contributed by atoms with E-state index in [-0.39, 0.29) is 16.6 Å². The normalized spacial score (nSPS) is 27.4. The van der Waals surface area contributed by atoms with Gasteiger partial charge in [-0.25, -0.2) is 13.1 Å². The van der Waals surface area contributed by atoms with Gasteiger partial charge in [-0.3, -0.25) is 0 Å². The van der Waals surface area contributed by atoms with Gasteiger partial charge in [0.1, 0.15) is 0 Å². The van der Waals surface area contributed by atoms with Crippen molar-refractivity contribution < 1.29 is 8.42 Å². The molecular formula is C14H21ClN2O2S. The van der Waals surface area contributed by atoms with Gasteiger partial charge in [0.15, 0.2) is 0 Å². The summed E-state index contributed by atoms with van der Waals surface area (Å²) >= 11 is 5.82. The number of hydrogen-bond donors (Lipinski definition) is 2. The predicted octanol–water partition coefficient (Wildman–Crippen LogP) is 3.03. The average molecular weight is 317 g/mol. The Kier molecular flexibility index (Phi) is 4.62. The summed E-state index contributed by atoms with van der Waals surface area (Å²) in [4.78, 5) is 0.172. The molecule has 3 unspecified atom stereocenters. The summed E-state index contributed by atoms with van der Waals surface area (Å²) in [6.07, 6.45) is 2.99. The standard InChI is InChI=1S/C14H21ClN2O2S/c1-9-3-6-14(10(2)7-9)17-20(18,19)11-4-5-12(15)13(16)8-11/h4-5,8-10,14,17H,3,6-7,16H2,1-2H3. The topological polar surface area (TPSA) is 72.2 Å². The van der Waals surface area contributed by atoms with Gasteiger partial charge in [0.05, 0.1) is 15.6 Å².